The molecule has 1 aromatic carbocycles. The second-order valence-corrected chi connectivity index (χ2v) is 4.58. The van der Waals surface area contributed by atoms with E-state index in [1.54, 1.807) is 4.90 Å². The molecule has 1 atom stereocenters. The van der Waals surface area contributed by atoms with Gasteiger partial charge in [0.15, 0.2) is 0 Å². The molecule has 0 bridgehead atoms. The Labute approximate surface area is 106 Å². The molecule has 0 aliphatic carbocycles. The van der Waals surface area contributed by atoms with Crippen LogP contribution in [-0.4, -0.2) is 30.6 Å². The summed E-state index contributed by atoms with van der Waals surface area (Å²) in [5.41, 5.74) is 6.52. The Hall–Kier alpha value is -1.26. The van der Waals surface area contributed by atoms with Gasteiger partial charge in [-0.05, 0) is 30.7 Å². The summed E-state index contributed by atoms with van der Waals surface area (Å²) in [6.07, 6.45) is 0.834. The average Bonchev–Trinajstić information content (AvgIpc) is 2.69. The molecule has 1 aromatic rings. The first-order valence-corrected chi connectivity index (χ1v) is 6.09. The molecule has 2 amide bonds. The van der Waals surface area contributed by atoms with Crippen LogP contribution >= 0.6 is 11.6 Å². The van der Waals surface area contributed by atoms with E-state index >= 15 is 0 Å². The van der Waals surface area contributed by atoms with E-state index in [0.717, 1.165) is 12.0 Å². The SMILES string of the molecule is NCCCN1CC(c2ccc(Cl)cc2)NC1=O. The molecule has 3 N–H and O–H groups in total. The van der Waals surface area contributed by atoms with Crippen LogP contribution in [0.3, 0.4) is 0 Å². The third-order valence-corrected chi connectivity index (χ3v) is 3.14. The van der Waals surface area contributed by atoms with Crippen LogP contribution in [0.1, 0.15) is 18.0 Å². The van der Waals surface area contributed by atoms with Gasteiger partial charge in [0.25, 0.3) is 0 Å². The van der Waals surface area contributed by atoms with E-state index in [-0.39, 0.29) is 12.1 Å². The van der Waals surface area contributed by atoms with Gasteiger partial charge in [-0.15, -0.1) is 0 Å². The standard InChI is InChI=1S/C12H16ClN3O/c13-10-4-2-9(3-5-10)11-8-16(7-1-6-14)12(17)15-11/h2-5,11H,1,6-8,14H2,(H,15,17). The number of halogens is 1. The van der Waals surface area contributed by atoms with Gasteiger partial charge in [-0.3, -0.25) is 0 Å². The number of hydrogen-bond acceptors (Lipinski definition) is 2. The van der Waals surface area contributed by atoms with Gasteiger partial charge in [0.1, 0.15) is 0 Å². The topological polar surface area (TPSA) is 58.4 Å². The molecule has 0 spiro atoms. The van der Waals surface area contributed by atoms with Crippen molar-refractivity contribution in [1.29, 1.82) is 0 Å². The summed E-state index contributed by atoms with van der Waals surface area (Å²) in [6, 6.07) is 7.60. The zero-order valence-corrected chi connectivity index (χ0v) is 10.3. The molecule has 1 heterocycles. The molecule has 1 saturated heterocycles. The van der Waals surface area contributed by atoms with Crippen molar-refractivity contribution in [1.82, 2.24) is 10.2 Å². The molecule has 0 radical (unpaired) electrons. The fourth-order valence-corrected chi connectivity index (χ4v) is 2.07. The molecule has 17 heavy (non-hydrogen) atoms. The first kappa shape index (κ1) is 12.2. The second-order valence-electron chi connectivity index (χ2n) is 4.14. The number of hydrogen-bond donors (Lipinski definition) is 2. The molecule has 2 rings (SSSR count). The van der Waals surface area contributed by atoms with Crippen molar-refractivity contribution in [2.45, 2.75) is 12.5 Å². The van der Waals surface area contributed by atoms with E-state index in [4.69, 9.17) is 17.3 Å². The number of nitrogens with zero attached hydrogens (tertiary/aromatic N) is 1. The van der Waals surface area contributed by atoms with Crippen molar-refractivity contribution >= 4 is 17.6 Å². The van der Waals surface area contributed by atoms with Crippen LogP contribution in [0.2, 0.25) is 5.02 Å². The first-order chi connectivity index (χ1) is 8.20. The summed E-state index contributed by atoms with van der Waals surface area (Å²) in [5.74, 6) is 0. The fraction of sp³-hybridized carbons (Fsp3) is 0.417. The molecule has 1 fully saturated rings. The predicted octanol–water partition coefficient (Wildman–Crippen LogP) is 1.76. The average molecular weight is 254 g/mol. The number of nitrogens with one attached hydrogen (secondary N) is 1. The molecular formula is C12H16ClN3O. The fourth-order valence-electron chi connectivity index (χ4n) is 1.95. The number of amides is 2. The highest BCUT2D eigenvalue weighted by Gasteiger charge is 2.28. The van der Waals surface area contributed by atoms with E-state index in [2.05, 4.69) is 5.32 Å². The van der Waals surface area contributed by atoms with E-state index in [1.807, 2.05) is 24.3 Å². The molecule has 0 aromatic heterocycles. The van der Waals surface area contributed by atoms with Crippen LogP contribution in [-0.2, 0) is 0 Å². The molecular weight excluding hydrogens is 238 g/mol. The van der Waals surface area contributed by atoms with Crippen molar-refractivity contribution < 1.29 is 4.79 Å². The van der Waals surface area contributed by atoms with Crippen molar-refractivity contribution in [3.8, 4) is 0 Å². The number of nitrogens with two attached hydrogens (primary N) is 1. The minimum atomic E-state index is -0.0154. The maximum absolute atomic E-state index is 11.7. The summed E-state index contributed by atoms with van der Waals surface area (Å²) in [5, 5.41) is 3.66. The maximum Gasteiger partial charge on any atom is 0.318 e. The Bertz CT molecular complexity index is 393. The van der Waals surface area contributed by atoms with Crippen molar-refractivity contribution in [3.05, 3.63) is 34.9 Å². The minimum absolute atomic E-state index is 0.0154. The third-order valence-electron chi connectivity index (χ3n) is 2.89. The Balaban J connectivity index is 2.00. The monoisotopic (exact) mass is 253 g/mol. The van der Waals surface area contributed by atoms with E-state index in [0.29, 0.717) is 24.7 Å². The molecule has 1 aliphatic rings. The Morgan fingerprint density at radius 2 is 2.12 bits per heavy atom. The van der Waals surface area contributed by atoms with Gasteiger partial charge in [0.05, 0.1) is 6.04 Å². The third kappa shape index (κ3) is 2.90. The van der Waals surface area contributed by atoms with Crippen LogP contribution in [0.15, 0.2) is 24.3 Å². The molecule has 0 saturated carbocycles. The van der Waals surface area contributed by atoms with E-state index < -0.39 is 0 Å². The van der Waals surface area contributed by atoms with Crippen molar-refractivity contribution in [2.75, 3.05) is 19.6 Å². The lowest BCUT2D eigenvalue weighted by atomic mass is 10.1. The Morgan fingerprint density at radius 3 is 2.76 bits per heavy atom. The first-order valence-electron chi connectivity index (χ1n) is 5.71. The van der Waals surface area contributed by atoms with E-state index in [1.165, 1.54) is 0 Å². The lowest BCUT2D eigenvalue weighted by molar-refractivity contribution is 0.217. The van der Waals surface area contributed by atoms with Gasteiger partial charge in [0.2, 0.25) is 0 Å². The zero-order chi connectivity index (χ0) is 12.3. The van der Waals surface area contributed by atoms with E-state index in [9.17, 15) is 4.79 Å². The highest BCUT2D eigenvalue weighted by atomic mass is 35.5. The smallest absolute Gasteiger partial charge is 0.318 e. The highest BCUT2D eigenvalue weighted by molar-refractivity contribution is 6.30. The Morgan fingerprint density at radius 1 is 1.41 bits per heavy atom. The van der Waals surface area contributed by atoms with Crippen LogP contribution in [0.4, 0.5) is 4.79 Å². The zero-order valence-electron chi connectivity index (χ0n) is 9.53. The lowest BCUT2D eigenvalue weighted by Crippen LogP contribution is -2.30. The summed E-state index contributed by atoms with van der Waals surface area (Å²) >= 11 is 5.83. The van der Waals surface area contributed by atoms with Gasteiger partial charge in [-0.1, -0.05) is 23.7 Å². The molecule has 1 aliphatic heterocycles. The highest BCUT2D eigenvalue weighted by Crippen LogP contribution is 2.21. The number of urea groups is 1. The number of benzene rings is 1. The molecule has 4 nitrogen and oxygen atoms in total. The summed E-state index contributed by atoms with van der Waals surface area (Å²) in [6.45, 7) is 2.02. The van der Waals surface area contributed by atoms with Crippen LogP contribution < -0.4 is 11.1 Å². The second kappa shape index (κ2) is 5.38. The number of carbonyl (C=O) groups is 1. The van der Waals surface area contributed by atoms with Gasteiger partial charge < -0.3 is 16.0 Å². The van der Waals surface area contributed by atoms with Crippen molar-refractivity contribution in [2.24, 2.45) is 5.73 Å². The lowest BCUT2D eigenvalue weighted by Gasteiger charge is -2.13. The molecule has 5 heteroatoms. The van der Waals surface area contributed by atoms with Gasteiger partial charge in [0, 0.05) is 18.1 Å². The largest absolute Gasteiger partial charge is 0.330 e. The van der Waals surface area contributed by atoms with Gasteiger partial charge >= 0.3 is 6.03 Å². The number of carbonyl (C=O) groups excluding carboxylic acids is 1. The molecule has 92 valence electrons. The van der Waals surface area contributed by atoms with Gasteiger partial charge in [-0.25, -0.2) is 4.79 Å². The Kier molecular flexibility index (Phi) is 3.86. The van der Waals surface area contributed by atoms with Crippen LogP contribution in [0, 0.1) is 0 Å². The summed E-state index contributed by atoms with van der Waals surface area (Å²) in [7, 11) is 0. The van der Waals surface area contributed by atoms with Gasteiger partial charge in [-0.2, -0.15) is 0 Å². The van der Waals surface area contributed by atoms with Crippen LogP contribution in [0.5, 0.6) is 0 Å². The van der Waals surface area contributed by atoms with Crippen LogP contribution in [0.25, 0.3) is 0 Å². The minimum Gasteiger partial charge on any atom is -0.330 e. The number of rotatable bonds is 4. The quantitative estimate of drug-likeness (QED) is 0.859. The maximum atomic E-state index is 11.7. The van der Waals surface area contributed by atoms with Crippen molar-refractivity contribution in [3.63, 3.8) is 0 Å². The normalized spacial score (nSPS) is 19.5. The molecule has 1 unspecified atom stereocenters. The summed E-state index contributed by atoms with van der Waals surface area (Å²) < 4.78 is 0. The summed E-state index contributed by atoms with van der Waals surface area (Å²) in [4.78, 5) is 13.5. The predicted molar refractivity (Wildman–Crippen MR) is 68.0 cm³/mol.